The van der Waals surface area contributed by atoms with Gasteiger partial charge in [-0.1, -0.05) is 66.7 Å². The Morgan fingerprint density at radius 1 is 0.604 bits per heavy atom. The molecule has 0 fully saturated rings. The summed E-state index contributed by atoms with van der Waals surface area (Å²) in [6, 6.07) is 31.7. The first-order valence-corrected chi connectivity index (χ1v) is 18.0. The molecule has 0 saturated carbocycles. The van der Waals surface area contributed by atoms with Crippen molar-refractivity contribution in [3.8, 4) is 17.2 Å². The van der Waals surface area contributed by atoms with Gasteiger partial charge in [-0.15, -0.1) is 0 Å². The lowest BCUT2D eigenvalue weighted by molar-refractivity contribution is 0.0696. The van der Waals surface area contributed by atoms with Crippen LogP contribution in [0, 0.1) is 6.92 Å². The Hall–Kier alpha value is -6.22. The van der Waals surface area contributed by atoms with Crippen LogP contribution in [0.2, 0.25) is 0 Å². The van der Waals surface area contributed by atoms with Crippen LogP contribution in [-0.4, -0.2) is 53.2 Å². The summed E-state index contributed by atoms with van der Waals surface area (Å²) in [7, 11) is 1.58. The second-order valence-electron chi connectivity index (χ2n) is 14.1. The number of hydrogen-bond donors (Lipinski definition) is 0. The first-order chi connectivity index (χ1) is 25.9. The molecule has 264 valence electrons. The van der Waals surface area contributed by atoms with E-state index in [-0.39, 0.29) is 30.5 Å². The molecule has 0 aromatic heterocycles. The lowest BCUT2D eigenvalue weighted by Gasteiger charge is -2.34. The topological polar surface area (TPSA) is 93.0 Å². The number of aryl methyl sites for hydroxylation is 1. The first-order valence-electron chi connectivity index (χ1n) is 18.0. The van der Waals surface area contributed by atoms with Crippen molar-refractivity contribution in [2.24, 2.45) is 9.98 Å². The molecule has 0 spiro atoms. The number of amides is 2. The number of carbonyl (C=O) groups excluding carboxylic acids is 2. The van der Waals surface area contributed by atoms with E-state index in [1.54, 1.807) is 19.2 Å². The SMILES string of the molecule is COc1cc2c(cc1OCc1cccc(COc3cc4c(cc3C)C(=O)N3Cc5ccccc5C[C@H]3C=N4)c1)N=C[C@@H]1Cc3ccccc3CN1C2=O. The van der Waals surface area contributed by atoms with Crippen molar-refractivity contribution in [2.45, 2.75) is 58.2 Å². The molecule has 9 heteroatoms. The average molecular weight is 703 g/mol. The normalized spacial score (nSPS) is 18.1. The van der Waals surface area contributed by atoms with Gasteiger partial charge in [-0.25, -0.2) is 0 Å². The Balaban J connectivity index is 0.886. The Kier molecular flexibility index (Phi) is 8.26. The number of fused-ring (bicyclic) bond motifs is 6. The second kappa shape index (κ2) is 13.4. The van der Waals surface area contributed by atoms with Crippen molar-refractivity contribution in [1.82, 2.24) is 9.80 Å². The van der Waals surface area contributed by atoms with Gasteiger partial charge < -0.3 is 24.0 Å². The molecule has 0 N–H and O–H groups in total. The molecule has 0 saturated heterocycles. The molecule has 53 heavy (non-hydrogen) atoms. The summed E-state index contributed by atoms with van der Waals surface area (Å²) in [6.45, 7) is 3.68. The van der Waals surface area contributed by atoms with Crippen molar-refractivity contribution < 1.29 is 23.8 Å². The van der Waals surface area contributed by atoms with Gasteiger partial charge in [0.2, 0.25) is 0 Å². The minimum absolute atomic E-state index is 0.00867. The largest absolute Gasteiger partial charge is 0.493 e. The minimum Gasteiger partial charge on any atom is -0.493 e. The Bertz CT molecular complexity index is 2350. The average Bonchev–Trinajstić information content (AvgIpc) is 3.40. The number of benzene rings is 5. The van der Waals surface area contributed by atoms with E-state index < -0.39 is 0 Å². The standard InChI is InChI=1S/C44H38N4O5/c1-27-14-36-38(45-21-34-16-30-10-3-5-12-32(30)23-47(34)43(36)49)19-40(27)52-25-28-8-7-9-29(15-28)26-53-42-20-39-37(18-41(42)51-2)44(50)48-24-33-13-6-4-11-31(33)17-35(48)22-46-39/h3-15,18-22,34-35H,16-17,23-26H2,1-2H3/t34-,35-/m0/s1. The van der Waals surface area contributed by atoms with E-state index in [2.05, 4.69) is 24.3 Å². The number of rotatable bonds is 7. The summed E-state index contributed by atoms with van der Waals surface area (Å²) in [4.78, 5) is 40.8. The van der Waals surface area contributed by atoms with Crippen LogP contribution < -0.4 is 14.2 Å². The van der Waals surface area contributed by atoms with E-state index in [1.165, 1.54) is 16.7 Å². The molecule has 4 aliphatic heterocycles. The van der Waals surface area contributed by atoms with E-state index in [0.717, 1.165) is 35.1 Å². The third-order valence-electron chi connectivity index (χ3n) is 10.7. The van der Waals surface area contributed by atoms with Gasteiger partial charge in [0.1, 0.15) is 19.0 Å². The zero-order chi connectivity index (χ0) is 36.1. The highest BCUT2D eigenvalue weighted by Gasteiger charge is 2.34. The fourth-order valence-corrected chi connectivity index (χ4v) is 7.79. The third-order valence-corrected chi connectivity index (χ3v) is 10.7. The number of hydrogen-bond acceptors (Lipinski definition) is 7. The van der Waals surface area contributed by atoms with Gasteiger partial charge in [0, 0.05) is 37.7 Å². The van der Waals surface area contributed by atoms with Crippen LogP contribution in [0.1, 0.15) is 59.7 Å². The number of aliphatic imine (C=N–C) groups is 2. The van der Waals surface area contributed by atoms with Crippen molar-refractivity contribution in [2.75, 3.05) is 7.11 Å². The molecule has 0 unspecified atom stereocenters. The monoisotopic (exact) mass is 702 g/mol. The third kappa shape index (κ3) is 6.12. The summed E-state index contributed by atoms with van der Waals surface area (Å²) < 4.78 is 18.3. The van der Waals surface area contributed by atoms with Gasteiger partial charge in [0.15, 0.2) is 11.5 Å². The summed E-state index contributed by atoms with van der Waals surface area (Å²) in [5.41, 5.74) is 9.92. The maximum atomic E-state index is 13.8. The Labute approximate surface area is 308 Å². The number of methoxy groups -OCH3 is 1. The van der Waals surface area contributed by atoms with E-state index in [9.17, 15) is 9.59 Å². The molecule has 5 aromatic carbocycles. The lowest BCUT2D eigenvalue weighted by Crippen LogP contribution is -2.44. The van der Waals surface area contributed by atoms with Crippen LogP contribution in [0.3, 0.4) is 0 Å². The van der Waals surface area contributed by atoms with Gasteiger partial charge in [-0.05, 0) is 76.9 Å². The summed E-state index contributed by atoms with van der Waals surface area (Å²) >= 11 is 0. The van der Waals surface area contributed by atoms with E-state index in [1.807, 2.05) is 89.8 Å². The van der Waals surface area contributed by atoms with Crippen molar-refractivity contribution >= 4 is 35.6 Å². The molecule has 0 radical (unpaired) electrons. The van der Waals surface area contributed by atoms with Crippen LogP contribution >= 0.6 is 0 Å². The van der Waals surface area contributed by atoms with Gasteiger partial charge in [0.25, 0.3) is 11.8 Å². The minimum atomic E-state index is -0.115. The van der Waals surface area contributed by atoms with E-state index >= 15 is 0 Å². The fourth-order valence-electron chi connectivity index (χ4n) is 7.79. The molecular weight excluding hydrogens is 665 g/mol. The molecule has 0 bridgehead atoms. The number of carbonyl (C=O) groups is 2. The summed E-state index contributed by atoms with van der Waals surface area (Å²) in [5.74, 6) is 1.59. The summed E-state index contributed by atoms with van der Waals surface area (Å²) in [6.07, 6.45) is 5.26. The van der Waals surface area contributed by atoms with Crippen LogP contribution in [0.5, 0.6) is 17.2 Å². The number of nitrogens with zero attached hydrogens (tertiary/aromatic N) is 4. The first kappa shape index (κ1) is 32.7. The van der Waals surface area contributed by atoms with E-state index in [0.29, 0.717) is 59.4 Å². The smallest absolute Gasteiger partial charge is 0.257 e. The van der Waals surface area contributed by atoms with Gasteiger partial charge in [-0.2, -0.15) is 0 Å². The molecule has 9 rings (SSSR count). The van der Waals surface area contributed by atoms with Crippen molar-refractivity contribution in [3.05, 3.63) is 147 Å². The molecule has 2 amide bonds. The maximum absolute atomic E-state index is 13.8. The lowest BCUT2D eigenvalue weighted by atomic mass is 9.94. The van der Waals surface area contributed by atoms with Gasteiger partial charge >= 0.3 is 0 Å². The molecule has 5 aromatic rings. The van der Waals surface area contributed by atoms with Crippen molar-refractivity contribution in [1.29, 1.82) is 0 Å². The maximum Gasteiger partial charge on any atom is 0.257 e. The molecule has 2 atom stereocenters. The molecule has 9 nitrogen and oxygen atoms in total. The van der Waals surface area contributed by atoms with Crippen LogP contribution in [0.25, 0.3) is 0 Å². The molecular formula is C44H38N4O5. The summed E-state index contributed by atoms with van der Waals surface area (Å²) in [5, 5.41) is 0. The fraction of sp³-hybridized carbons (Fsp3) is 0.227. The van der Waals surface area contributed by atoms with Gasteiger partial charge in [-0.3, -0.25) is 19.6 Å². The highest BCUT2D eigenvalue weighted by molar-refractivity contribution is 6.04. The van der Waals surface area contributed by atoms with Crippen LogP contribution in [0.4, 0.5) is 11.4 Å². The zero-order valence-corrected chi connectivity index (χ0v) is 29.6. The zero-order valence-electron chi connectivity index (χ0n) is 29.6. The second-order valence-corrected chi connectivity index (χ2v) is 14.1. The Morgan fingerprint density at radius 3 is 1.68 bits per heavy atom. The van der Waals surface area contributed by atoms with Crippen molar-refractivity contribution in [3.63, 3.8) is 0 Å². The molecule has 4 heterocycles. The molecule has 4 aliphatic rings. The highest BCUT2D eigenvalue weighted by atomic mass is 16.5. The van der Waals surface area contributed by atoms with Gasteiger partial charge in [0.05, 0.1) is 41.7 Å². The quantitative estimate of drug-likeness (QED) is 0.173. The molecule has 0 aliphatic carbocycles. The van der Waals surface area contributed by atoms with Crippen LogP contribution in [-0.2, 0) is 39.1 Å². The predicted octanol–water partition coefficient (Wildman–Crippen LogP) is 7.73. The Morgan fingerprint density at radius 2 is 1.11 bits per heavy atom. The highest BCUT2D eigenvalue weighted by Crippen LogP contribution is 2.39. The number of ether oxygens (including phenoxy) is 3. The predicted molar refractivity (Wildman–Crippen MR) is 203 cm³/mol. The van der Waals surface area contributed by atoms with Crippen LogP contribution in [0.15, 0.2) is 107 Å². The van der Waals surface area contributed by atoms with E-state index in [4.69, 9.17) is 24.2 Å².